The van der Waals surface area contributed by atoms with Gasteiger partial charge in [0.1, 0.15) is 0 Å². The summed E-state index contributed by atoms with van der Waals surface area (Å²) in [6, 6.07) is 16.2. The molecule has 4 rings (SSSR count). The van der Waals surface area contributed by atoms with Crippen LogP contribution < -0.4 is 9.80 Å². The zero-order chi connectivity index (χ0) is 20.2. The smallest absolute Gasteiger partial charge is 0.277 e. The first-order valence-corrected chi connectivity index (χ1v) is 10.9. The van der Waals surface area contributed by atoms with Crippen molar-refractivity contribution in [3.8, 4) is 11.5 Å². The molecule has 3 aromatic rings. The molecule has 1 aliphatic rings. The number of carbonyl (C=O) groups is 1. The van der Waals surface area contributed by atoms with Crippen molar-refractivity contribution in [1.29, 1.82) is 0 Å². The summed E-state index contributed by atoms with van der Waals surface area (Å²) in [7, 11) is 0. The number of benzene rings is 2. The van der Waals surface area contributed by atoms with Gasteiger partial charge in [-0.25, -0.2) is 0 Å². The largest absolute Gasteiger partial charge is 0.411 e. The molecule has 0 saturated carbocycles. The summed E-state index contributed by atoms with van der Waals surface area (Å²) in [5.41, 5.74) is 4.28. The average molecular weight is 409 g/mol. The first-order valence-electron chi connectivity index (χ1n) is 9.89. The van der Waals surface area contributed by atoms with Crippen LogP contribution in [0.15, 0.2) is 58.2 Å². The van der Waals surface area contributed by atoms with Gasteiger partial charge < -0.3 is 14.2 Å². The van der Waals surface area contributed by atoms with E-state index < -0.39 is 0 Å². The van der Waals surface area contributed by atoms with Gasteiger partial charge in [0.15, 0.2) is 0 Å². The number of nitrogens with zero attached hydrogens (tertiary/aromatic N) is 4. The van der Waals surface area contributed by atoms with Crippen LogP contribution in [0.4, 0.5) is 11.4 Å². The molecule has 0 fully saturated rings. The molecule has 150 valence electrons. The first kappa shape index (κ1) is 19.5. The van der Waals surface area contributed by atoms with Crippen molar-refractivity contribution in [2.24, 2.45) is 0 Å². The summed E-state index contributed by atoms with van der Waals surface area (Å²) in [5.74, 6) is 0.803. The van der Waals surface area contributed by atoms with Crippen molar-refractivity contribution >= 4 is 29.0 Å². The number of fused-ring (bicyclic) bond motifs is 1. The summed E-state index contributed by atoms with van der Waals surface area (Å²) in [4.78, 5) is 16.7. The van der Waals surface area contributed by atoms with E-state index in [0.29, 0.717) is 11.1 Å². The molecular weight excluding hydrogens is 384 g/mol. The molecule has 0 N–H and O–H groups in total. The molecule has 29 heavy (non-hydrogen) atoms. The Morgan fingerprint density at radius 3 is 2.62 bits per heavy atom. The van der Waals surface area contributed by atoms with Crippen LogP contribution in [0.25, 0.3) is 11.5 Å². The van der Waals surface area contributed by atoms with Crippen molar-refractivity contribution in [2.45, 2.75) is 25.5 Å². The highest BCUT2D eigenvalue weighted by Crippen LogP contribution is 2.29. The minimum atomic E-state index is 0.0586. The topological polar surface area (TPSA) is 62.5 Å². The Morgan fingerprint density at radius 2 is 1.86 bits per heavy atom. The Morgan fingerprint density at radius 1 is 1.10 bits per heavy atom. The first-order chi connectivity index (χ1) is 14.2. The van der Waals surface area contributed by atoms with Crippen LogP contribution in [0.5, 0.6) is 0 Å². The quantitative estimate of drug-likeness (QED) is 0.544. The highest BCUT2D eigenvalue weighted by atomic mass is 32.2. The Balaban J connectivity index is 1.38. The number of amides is 1. The predicted molar refractivity (Wildman–Crippen MR) is 117 cm³/mol. The van der Waals surface area contributed by atoms with Gasteiger partial charge in [0, 0.05) is 36.6 Å². The molecule has 0 radical (unpaired) electrons. The molecule has 6 nitrogen and oxygen atoms in total. The van der Waals surface area contributed by atoms with Crippen molar-refractivity contribution in [1.82, 2.24) is 10.2 Å². The fourth-order valence-electron chi connectivity index (χ4n) is 3.59. The third-order valence-corrected chi connectivity index (χ3v) is 5.96. The van der Waals surface area contributed by atoms with Gasteiger partial charge in [0.25, 0.3) is 5.22 Å². The van der Waals surface area contributed by atoms with Crippen LogP contribution in [-0.2, 0) is 11.2 Å². The van der Waals surface area contributed by atoms with Gasteiger partial charge in [-0.1, -0.05) is 30.0 Å². The van der Waals surface area contributed by atoms with Crippen LogP contribution in [0.2, 0.25) is 0 Å². The maximum absolute atomic E-state index is 12.6. The van der Waals surface area contributed by atoms with E-state index in [4.69, 9.17) is 4.42 Å². The number of rotatable bonds is 7. The molecule has 2 aromatic carbocycles. The van der Waals surface area contributed by atoms with Crippen molar-refractivity contribution < 1.29 is 9.21 Å². The van der Waals surface area contributed by atoms with Gasteiger partial charge >= 0.3 is 0 Å². The van der Waals surface area contributed by atoms with Crippen LogP contribution in [0.3, 0.4) is 0 Å². The van der Waals surface area contributed by atoms with E-state index in [1.165, 1.54) is 23.0 Å². The Hall–Kier alpha value is -2.80. The highest BCUT2D eigenvalue weighted by Gasteiger charge is 2.24. The molecular formula is C22H24N4O2S. The Labute approximate surface area is 174 Å². The highest BCUT2D eigenvalue weighted by molar-refractivity contribution is 7.99. The van der Waals surface area contributed by atoms with Crippen molar-refractivity contribution in [3.63, 3.8) is 0 Å². The van der Waals surface area contributed by atoms with Gasteiger partial charge in [-0.3, -0.25) is 4.79 Å². The molecule has 1 aromatic heterocycles. The van der Waals surface area contributed by atoms with E-state index >= 15 is 0 Å². The minimum Gasteiger partial charge on any atom is -0.411 e. The Bertz CT molecular complexity index is 982. The third kappa shape index (κ3) is 4.15. The van der Waals surface area contributed by atoms with Crippen LogP contribution >= 0.6 is 11.8 Å². The molecule has 2 heterocycles. The lowest BCUT2D eigenvalue weighted by molar-refractivity contribution is -0.116. The maximum atomic E-state index is 12.6. The average Bonchev–Trinajstić information content (AvgIpc) is 3.41. The number of hydrogen-bond donors (Lipinski definition) is 0. The zero-order valence-electron chi connectivity index (χ0n) is 16.7. The molecule has 1 amide bonds. The standard InChI is InChI=1S/C22H24N4O2S/c1-3-25(4-2)18-11-9-17(10-12-18)21-23-24-22(28-21)29-15-20(27)26-14-13-16-7-5-6-8-19(16)26/h5-12H,3-4,13-15H2,1-2H3. The lowest BCUT2D eigenvalue weighted by Crippen LogP contribution is -2.30. The summed E-state index contributed by atoms with van der Waals surface area (Å²) in [6.45, 7) is 6.94. The summed E-state index contributed by atoms with van der Waals surface area (Å²) in [6.07, 6.45) is 0.904. The lowest BCUT2D eigenvalue weighted by atomic mass is 10.2. The summed E-state index contributed by atoms with van der Waals surface area (Å²) in [5, 5.41) is 8.64. The summed E-state index contributed by atoms with van der Waals surface area (Å²) < 4.78 is 5.76. The second-order valence-corrected chi connectivity index (χ2v) is 7.73. The van der Waals surface area contributed by atoms with E-state index in [9.17, 15) is 4.79 Å². The molecule has 1 aliphatic heterocycles. The SMILES string of the molecule is CCN(CC)c1ccc(-c2nnc(SCC(=O)N3CCc4ccccc43)o2)cc1. The van der Waals surface area contributed by atoms with Crippen molar-refractivity contribution in [2.75, 3.05) is 35.2 Å². The van der Waals surface area contributed by atoms with E-state index in [1.807, 2.05) is 35.2 Å². The molecule has 0 saturated heterocycles. The number of anilines is 2. The monoisotopic (exact) mass is 408 g/mol. The van der Waals surface area contributed by atoms with E-state index in [1.54, 1.807) is 0 Å². The predicted octanol–water partition coefficient (Wildman–Crippen LogP) is 4.26. The number of para-hydroxylation sites is 1. The lowest BCUT2D eigenvalue weighted by Gasteiger charge is -2.20. The van der Waals surface area contributed by atoms with Crippen LogP contribution in [0, 0.1) is 0 Å². The minimum absolute atomic E-state index is 0.0586. The summed E-state index contributed by atoms with van der Waals surface area (Å²) >= 11 is 1.28. The Kier molecular flexibility index (Phi) is 5.85. The number of aromatic nitrogens is 2. The van der Waals surface area contributed by atoms with Gasteiger partial charge in [-0.2, -0.15) is 0 Å². The molecule has 0 atom stereocenters. The number of hydrogen-bond acceptors (Lipinski definition) is 6. The van der Waals surface area contributed by atoms with Gasteiger partial charge in [0.2, 0.25) is 11.8 Å². The number of thioether (sulfide) groups is 1. The normalized spacial score (nSPS) is 12.8. The molecule has 0 spiro atoms. The maximum Gasteiger partial charge on any atom is 0.277 e. The van der Waals surface area contributed by atoms with E-state index in [0.717, 1.165) is 37.3 Å². The molecule has 0 bridgehead atoms. The second-order valence-electron chi connectivity index (χ2n) is 6.81. The van der Waals surface area contributed by atoms with Gasteiger partial charge in [-0.15, -0.1) is 10.2 Å². The second kappa shape index (κ2) is 8.69. The van der Waals surface area contributed by atoms with Gasteiger partial charge in [-0.05, 0) is 56.2 Å². The van der Waals surface area contributed by atoms with Crippen LogP contribution in [-0.4, -0.2) is 41.5 Å². The van der Waals surface area contributed by atoms with E-state index in [2.05, 4.69) is 47.1 Å². The molecule has 0 unspecified atom stereocenters. The van der Waals surface area contributed by atoms with Crippen molar-refractivity contribution in [3.05, 3.63) is 54.1 Å². The van der Waals surface area contributed by atoms with E-state index in [-0.39, 0.29) is 11.7 Å². The molecule has 7 heteroatoms. The van der Waals surface area contributed by atoms with Crippen LogP contribution in [0.1, 0.15) is 19.4 Å². The zero-order valence-corrected chi connectivity index (χ0v) is 17.5. The van der Waals surface area contributed by atoms with Gasteiger partial charge in [0.05, 0.1) is 5.75 Å². The number of carbonyl (C=O) groups excluding carboxylic acids is 1. The fourth-order valence-corrected chi connectivity index (χ4v) is 4.23. The molecule has 0 aliphatic carbocycles. The third-order valence-electron chi connectivity index (χ3n) is 5.16. The fraction of sp³-hybridized carbons (Fsp3) is 0.318.